The summed E-state index contributed by atoms with van der Waals surface area (Å²) in [5.41, 5.74) is 2.36. The van der Waals surface area contributed by atoms with E-state index >= 15 is 0 Å². The van der Waals surface area contributed by atoms with Crippen molar-refractivity contribution in [2.24, 2.45) is 17.8 Å². The van der Waals surface area contributed by atoms with Gasteiger partial charge in [0.15, 0.2) is 0 Å². The molecule has 0 aromatic heterocycles. The summed E-state index contributed by atoms with van der Waals surface area (Å²) in [6.45, 7) is 9.02. The molecule has 2 heterocycles. The molecular formula is C22H33N3O3. The van der Waals surface area contributed by atoms with Crippen LogP contribution >= 0.6 is 0 Å². The average Bonchev–Trinajstić information content (AvgIpc) is 2.68. The van der Waals surface area contributed by atoms with E-state index in [9.17, 15) is 14.7 Å². The molecule has 2 fully saturated rings. The number of rotatable bonds is 5. The fourth-order valence-electron chi connectivity index (χ4n) is 4.23. The van der Waals surface area contributed by atoms with Crippen molar-refractivity contribution in [3.63, 3.8) is 0 Å². The summed E-state index contributed by atoms with van der Waals surface area (Å²) in [5.74, 6) is -0.233. The molecule has 2 unspecified atom stereocenters. The highest BCUT2D eigenvalue weighted by Gasteiger charge is 2.31. The average molecular weight is 388 g/mol. The van der Waals surface area contributed by atoms with Crippen molar-refractivity contribution in [3.8, 4) is 0 Å². The number of aliphatic carboxylic acids is 1. The maximum atomic E-state index is 12.5. The van der Waals surface area contributed by atoms with E-state index in [1.165, 1.54) is 31.5 Å². The first-order valence-corrected chi connectivity index (χ1v) is 10.5. The highest BCUT2D eigenvalue weighted by atomic mass is 16.4. The van der Waals surface area contributed by atoms with Gasteiger partial charge in [-0.1, -0.05) is 38.1 Å². The van der Waals surface area contributed by atoms with Crippen LogP contribution in [0.15, 0.2) is 24.3 Å². The second kappa shape index (κ2) is 9.41. The van der Waals surface area contributed by atoms with E-state index in [4.69, 9.17) is 0 Å². The summed E-state index contributed by atoms with van der Waals surface area (Å²) >= 11 is 0. The normalized spacial score (nSPS) is 24.1. The van der Waals surface area contributed by atoms with Crippen LogP contribution in [-0.4, -0.2) is 53.1 Å². The summed E-state index contributed by atoms with van der Waals surface area (Å²) in [4.78, 5) is 27.9. The minimum absolute atomic E-state index is 0.177. The zero-order valence-electron chi connectivity index (χ0n) is 17.1. The minimum atomic E-state index is -0.817. The molecule has 0 aliphatic carbocycles. The molecule has 0 saturated carbocycles. The highest BCUT2D eigenvalue weighted by molar-refractivity contribution is 5.76. The Labute approximate surface area is 167 Å². The Morgan fingerprint density at radius 3 is 2.32 bits per heavy atom. The number of carbonyl (C=O) groups is 2. The van der Waals surface area contributed by atoms with Crippen LogP contribution < -0.4 is 5.32 Å². The first kappa shape index (κ1) is 20.6. The lowest BCUT2D eigenvalue weighted by atomic mass is 9.91. The molecule has 6 heteroatoms. The van der Waals surface area contributed by atoms with Crippen molar-refractivity contribution in [2.75, 3.05) is 26.2 Å². The van der Waals surface area contributed by atoms with Gasteiger partial charge in [0.1, 0.15) is 0 Å². The van der Waals surface area contributed by atoms with Crippen LogP contribution in [0.5, 0.6) is 0 Å². The minimum Gasteiger partial charge on any atom is -0.481 e. The molecule has 1 aromatic rings. The van der Waals surface area contributed by atoms with E-state index in [0.717, 1.165) is 18.0 Å². The number of amides is 2. The molecule has 28 heavy (non-hydrogen) atoms. The molecule has 2 saturated heterocycles. The molecule has 3 rings (SSSR count). The quantitative estimate of drug-likeness (QED) is 0.814. The predicted molar refractivity (Wildman–Crippen MR) is 109 cm³/mol. The van der Waals surface area contributed by atoms with E-state index in [-0.39, 0.29) is 11.9 Å². The Balaban J connectivity index is 1.46. The number of benzene rings is 1. The van der Waals surface area contributed by atoms with Gasteiger partial charge >= 0.3 is 12.0 Å². The highest BCUT2D eigenvalue weighted by Crippen LogP contribution is 2.22. The van der Waals surface area contributed by atoms with Crippen molar-refractivity contribution in [2.45, 2.75) is 46.2 Å². The van der Waals surface area contributed by atoms with Crippen molar-refractivity contribution in [1.29, 1.82) is 0 Å². The molecule has 2 aliphatic rings. The molecule has 2 amide bonds. The number of carboxylic acids is 1. The SMILES string of the molecule is CC1CCN(Cc2ccc(CNC(=O)N3CC(C)CC(C(=O)O)C3)cc2)CC1. The predicted octanol–water partition coefficient (Wildman–Crippen LogP) is 3.17. The maximum absolute atomic E-state index is 12.5. The number of nitrogens with one attached hydrogen (secondary N) is 1. The fraction of sp³-hybridized carbons (Fsp3) is 0.636. The van der Waals surface area contributed by atoms with Gasteiger partial charge in [-0.15, -0.1) is 0 Å². The van der Waals surface area contributed by atoms with Crippen LogP contribution in [0.1, 0.15) is 44.2 Å². The lowest BCUT2D eigenvalue weighted by Gasteiger charge is -2.34. The van der Waals surface area contributed by atoms with Gasteiger partial charge in [0.05, 0.1) is 5.92 Å². The second-order valence-corrected chi connectivity index (χ2v) is 8.71. The first-order valence-electron chi connectivity index (χ1n) is 10.5. The zero-order chi connectivity index (χ0) is 20.1. The monoisotopic (exact) mass is 387 g/mol. The van der Waals surface area contributed by atoms with Crippen LogP contribution in [0.25, 0.3) is 0 Å². The molecule has 0 spiro atoms. The van der Waals surface area contributed by atoms with E-state index < -0.39 is 11.9 Å². The maximum Gasteiger partial charge on any atom is 0.317 e. The Hall–Kier alpha value is -2.08. The van der Waals surface area contributed by atoms with Crippen molar-refractivity contribution in [1.82, 2.24) is 15.1 Å². The van der Waals surface area contributed by atoms with Gasteiger partial charge < -0.3 is 15.3 Å². The standard InChI is InChI=1S/C22H33N3O3/c1-16-7-9-24(10-8-16)14-19-5-3-18(4-6-19)12-23-22(28)25-13-17(2)11-20(15-25)21(26)27/h3-6,16-17,20H,7-15H2,1-2H3,(H,23,28)(H,26,27). The molecule has 2 aliphatic heterocycles. The smallest absolute Gasteiger partial charge is 0.317 e. The molecule has 6 nitrogen and oxygen atoms in total. The Morgan fingerprint density at radius 2 is 1.68 bits per heavy atom. The molecular weight excluding hydrogens is 354 g/mol. The van der Waals surface area contributed by atoms with Crippen LogP contribution in [0.2, 0.25) is 0 Å². The topological polar surface area (TPSA) is 72.9 Å². The summed E-state index contributed by atoms with van der Waals surface area (Å²) in [7, 11) is 0. The van der Waals surface area contributed by atoms with E-state index in [2.05, 4.69) is 41.4 Å². The number of carbonyl (C=O) groups excluding carboxylic acids is 1. The van der Waals surface area contributed by atoms with E-state index in [1.54, 1.807) is 4.90 Å². The van der Waals surface area contributed by atoms with Gasteiger partial charge in [-0.05, 0) is 55.3 Å². The van der Waals surface area contributed by atoms with Crippen molar-refractivity contribution in [3.05, 3.63) is 35.4 Å². The van der Waals surface area contributed by atoms with E-state index in [1.807, 2.05) is 6.92 Å². The van der Waals surface area contributed by atoms with Crippen LogP contribution in [-0.2, 0) is 17.9 Å². The van der Waals surface area contributed by atoms with Gasteiger partial charge in [-0.25, -0.2) is 4.79 Å². The van der Waals surface area contributed by atoms with Gasteiger partial charge in [0, 0.05) is 26.2 Å². The zero-order valence-corrected chi connectivity index (χ0v) is 17.1. The summed E-state index contributed by atoms with van der Waals surface area (Å²) < 4.78 is 0. The van der Waals surface area contributed by atoms with Gasteiger partial charge in [-0.2, -0.15) is 0 Å². The third-order valence-electron chi connectivity index (χ3n) is 6.05. The van der Waals surface area contributed by atoms with Crippen LogP contribution in [0.3, 0.4) is 0 Å². The third kappa shape index (κ3) is 5.71. The summed E-state index contributed by atoms with van der Waals surface area (Å²) in [6.07, 6.45) is 3.19. The largest absolute Gasteiger partial charge is 0.481 e. The van der Waals surface area contributed by atoms with Gasteiger partial charge in [-0.3, -0.25) is 9.69 Å². The number of likely N-dealkylation sites (tertiary alicyclic amines) is 2. The number of carboxylic acid groups (broad SMARTS) is 1. The Morgan fingerprint density at radius 1 is 1.04 bits per heavy atom. The molecule has 154 valence electrons. The lowest BCUT2D eigenvalue weighted by molar-refractivity contribution is -0.143. The van der Waals surface area contributed by atoms with Gasteiger partial charge in [0.2, 0.25) is 0 Å². The number of piperidine rings is 2. The van der Waals surface area contributed by atoms with Crippen LogP contribution in [0.4, 0.5) is 4.79 Å². The number of hydrogen-bond donors (Lipinski definition) is 2. The number of nitrogens with zero attached hydrogens (tertiary/aromatic N) is 2. The fourth-order valence-corrected chi connectivity index (χ4v) is 4.23. The number of hydrogen-bond acceptors (Lipinski definition) is 3. The van der Waals surface area contributed by atoms with Crippen LogP contribution in [0, 0.1) is 17.8 Å². The van der Waals surface area contributed by atoms with Crippen molar-refractivity contribution < 1.29 is 14.7 Å². The second-order valence-electron chi connectivity index (χ2n) is 8.71. The van der Waals surface area contributed by atoms with Crippen molar-refractivity contribution >= 4 is 12.0 Å². The first-order chi connectivity index (χ1) is 13.4. The number of urea groups is 1. The summed E-state index contributed by atoms with van der Waals surface area (Å²) in [5, 5.41) is 12.2. The Bertz CT molecular complexity index is 668. The lowest BCUT2D eigenvalue weighted by Crippen LogP contribution is -2.49. The molecule has 2 atom stereocenters. The Kier molecular flexibility index (Phi) is 6.94. The molecule has 0 radical (unpaired) electrons. The molecule has 0 bridgehead atoms. The third-order valence-corrected chi connectivity index (χ3v) is 6.05. The molecule has 1 aromatic carbocycles. The van der Waals surface area contributed by atoms with Gasteiger partial charge in [0.25, 0.3) is 0 Å². The summed E-state index contributed by atoms with van der Waals surface area (Å²) in [6, 6.07) is 8.25. The molecule has 2 N–H and O–H groups in total. The van der Waals surface area contributed by atoms with E-state index in [0.29, 0.717) is 26.1 Å².